The summed E-state index contributed by atoms with van der Waals surface area (Å²) in [7, 11) is -4.42. The number of carboxylic acid groups (broad SMARTS) is 1. The van der Waals surface area contributed by atoms with Crippen molar-refractivity contribution in [3.8, 4) is 0 Å². The van der Waals surface area contributed by atoms with Crippen LogP contribution in [0.25, 0.3) is 10.9 Å². The van der Waals surface area contributed by atoms with E-state index in [4.69, 9.17) is 0 Å². The molecule has 0 bridgehead atoms. The van der Waals surface area contributed by atoms with Gasteiger partial charge in [0.25, 0.3) is 0 Å². The number of sulfonamides is 1. The number of aromatic nitrogens is 1. The van der Waals surface area contributed by atoms with E-state index in [1.54, 1.807) is 18.2 Å². The molecular formula is C30H29F6N3O5S. The van der Waals surface area contributed by atoms with Crippen LogP contribution in [-0.4, -0.2) is 59.4 Å². The van der Waals surface area contributed by atoms with Crippen LogP contribution in [0, 0.1) is 0 Å². The number of carbonyl (C=O) groups is 1. The summed E-state index contributed by atoms with van der Waals surface area (Å²) in [6.07, 6.45) is -10.4. The van der Waals surface area contributed by atoms with Crippen LogP contribution in [0.15, 0.2) is 77.7 Å². The van der Waals surface area contributed by atoms with Gasteiger partial charge < -0.3 is 20.1 Å². The molecule has 0 aliphatic carbocycles. The van der Waals surface area contributed by atoms with Crippen molar-refractivity contribution >= 4 is 26.9 Å². The Morgan fingerprint density at radius 1 is 0.956 bits per heavy atom. The summed E-state index contributed by atoms with van der Waals surface area (Å²) in [6, 6.07) is 15.6. The van der Waals surface area contributed by atoms with Crippen LogP contribution in [0.5, 0.6) is 0 Å². The van der Waals surface area contributed by atoms with Crippen LogP contribution < -0.4 is 5.32 Å². The Morgan fingerprint density at radius 2 is 1.60 bits per heavy atom. The monoisotopic (exact) mass is 657 g/mol. The van der Waals surface area contributed by atoms with Crippen molar-refractivity contribution in [3.05, 3.63) is 101 Å². The number of carboxylic acids is 1. The molecule has 4 aromatic rings. The maximum Gasteiger partial charge on any atom is 0.473 e. The number of aliphatic hydroxyl groups is 1. The van der Waals surface area contributed by atoms with Crippen LogP contribution in [-0.2, 0) is 29.2 Å². The standard InChI is InChI=1S/C30H29F6N3O5S/c1-18(37-16-27(40)21-4-3-5-23(14-21)29(31,32)33)12-20-8-11-25-22(13-20)15-26(28(41)42)39(25)17-19-6-9-24(10-7-19)45(43,44)38(2)30(34,35)36/h3-11,13-15,18,27,37,40H,12,16-17H2,1-2H3,(H,41,42). The molecule has 3 aromatic carbocycles. The molecule has 0 amide bonds. The fourth-order valence-corrected chi connectivity index (χ4v) is 5.89. The van der Waals surface area contributed by atoms with E-state index >= 15 is 0 Å². The molecule has 0 radical (unpaired) electrons. The molecule has 0 spiro atoms. The number of rotatable bonds is 11. The van der Waals surface area contributed by atoms with Gasteiger partial charge in [0.1, 0.15) is 5.69 Å². The quantitative estimate of drug-likeness (QED) is 0.139. The lowest BCUT2D eigenvalue weighted by molar-refractivity contribution is -0.202. The average Bonchev–Trinajstić information content (AvgIpc) is 3.32. The number of halogens is 6. The van der Waals surface area contributed by atoms with Crippen molar-refractivity contribution < 1.29 is 49.8 Å². The fourth-order valence-electron chi connectivity index (χ4n) is 4.82. The average molecular weight is 658 g/mol. The van der Waals surface area contributed by atoms with Gasteiger partial charge in [0.15, 0.2) is 0 Å². The Hall–Kier alpha value is -3.92. The number of aliphatic hydroxyl groups excluding tert-OH is 1. The molecule has 0 aliphatic heterocycles. The van der Waals surface area contributed by atoms with Crippen molar-refractivity contribution in [2.75, 3.05) is 13.6 Å². The topological polar surface area (TPSA) is 112 Å². The lowest BCUT2D eigenvalue weighted by atomic mass is 10.0. The highest BCUT2D eigenvalue weighted by atomic mass is 32.2. The first kappa shape index (κ1) is 34.0. The number of hydrogen-bond acceptors (Lipinski definition) is 5. The predicted octanol–water partition coefficient (Wildman–Crippen LogP) is 5.80. The highest BCUT2D eigenvalue weighted by Gasteiger charge is 2.43. The second-order valence-corrected chi connectivity index (χ2v) is 12.5. The minimum atomic E-state index is -5.10. The molecule has 8 nitrogen and oxygen atoms in total. The third-order valence-corrected chi connectivity index (χ3v) is 9.06. The van der Waals surface area contributed by atoms with E-state index in [1.165, 1.54) is 34.9 Å². The van der Waals surface area contributed by atoms with Crippen LogP contribution >= 0.6 is 0 Å². The summed E-state index contributed by atoms with van der Waals surface area (Å²) in [5.74, 6) is -1.22. The molecule has 2 unspecified atom stereocenters. The predicted molar refractivity (Wildman–Crippen MR) is 153 cm³/mol. The minimum Gasteiger partial charge on any atom is -0.477 e. The molecule has 242 valence electrons. The van der Waals surface area contributed by atoms with E-state index in [2.05, 4.69) is 5.32 Å². The molecule has 0 saturated heterocycles. The zero-order valence-corrected chi connectivity index (χ0v) is 24.7. The van der Waals surface area contributed by atoms with Crippen molar-refractivity contribution in [2.45, 2.75) is 49.4 Å². The number of fused-ring (bicyclic) bond motifs is 1. The fraction of sp³-hybridized carbons (Fsp3) is 0.300. The molecule has 0 saturated carbocycles. The number of nitrogens with zero attached hydrogens (tertiary/aromatic N) is 2. The Bertz CT molecular complexity index is 1790. The van der Waals surface area contributed by atoms with Crippen molar-refractivity contribution in [3.63, 3.8) is 0 Å². The van der Waals surface area contributed by atoms with Gasteiger partial charge in [0.05, 0.1) is 16.6 Å². The van der Waals surface area contributed by atoms with Crippen molar-refractivity contribution in [1.29, 1.82) is 0 Å². The smallest absolute Gasteiger partial charge is 0.473 e. The Labute approximate surface area is 254 Å². The van der Waals surface area contributed by atoms with Crippen LogP contribution in [0.1, 0.15) is 45.8 Å². The maximum atomic E-state index is 13.0. The molecule has 0 fully saturated rings. The van der Waals surface area contributed by atoms with Gasteiger partial charge in [-0.15, -0.1) is 4.31 Å². The lowest BCUT2D eigenvalue weighted by Crippen LogP contribution is -2.39. The molecule has 3 N–H and O–H groups in total. The third kappa shape index (κ3) is 7.84. The zero-order chi connectivity index (χ0) is 33.3. The summed E-state index contributed by atoms with van der Waals surface area (Å²) in [4.78, 5) is 11.5. The van der Waals surface area contributed by atoms with Crippen LogP contribution in [0.4, 0.5) is 26.3 Å². The number of hydrogen-bond donors (Lipinski definition) is 3. The van der Waals surface area contributed by atoms with E-state index in [-0.39, 0.29) is 30.4 Å². The van der Waals surface area contributed by atoms with Gasteiger partial charge >= 0.3 is 18.4 Å². The summed E-state index contributed by atoms with van der Waals surface area (Å²) in [5, 5.41) is 23.9. The second-order valence-electron chi connectivity index (χ2n) is 10.6. The number of nitrogens with one attached hydrogen (secondary N) is 1. The molecule has 2 atom stereocenters. The van der Waals surface area contributed by atoms with Crippen molar-refractivity contribution in [1.82, 2.24) is 14.2 Å². The Kier molecular flexibility index (Phi) is 9.68. The Morgan fingerprint density at radius 3 is 2.20 bits per heavy atom. The molecule has 15 heteroatoms. The first-order chi connectivity index (χ1) is 20.9. The van der Waals surface area contributed by atoms with Gasteiger partial charge in [0, 0.05) is 37.1 Å². The normalized spacial score (nSPS) is 14.2. The lowest BCUT2D eigenvalue weighted by Gasteiger charge is -2.20. The third-order valence-electron chi connectivity index (χ3n) is 7.26. The molecule has 4 rings (SSSR count). The second kappa shape index (κ2) is 12.8. The highest BCUT2D eigenvalue weighted by Crippen LogP contribution is 2.31. The van der Waals surface area contributed by atoms with E-state index in [0.717, 1.165) is 29.8 Å². The summed E-state index contributed by atoms with van der Waals surface area (Å²) in [6.45, 7) is 1.81. The maximum absolute atomic E-state index is 13.0. The van der Waals surface area contributed by atoms with Crippen molar-refractivity contribution in [2.24, 2.45) is 0 Å². The van der Waals surface area contributed by atoms with E-state index in [9.17, 15) is 49.8 Å². The molecule has 1 heterocycles. The van der Waals surface area contributed by atoms with Gasteiger partial charge in [-0.3, -0.25) is 0 Å². The Balaban J connectivity index is 1.47. The van der Waals surface area contributed by atoms with Crippen LogP contribution in [0.2, 0.25) is 0 Å². The summed E-state index contributed by atoms with van der Waals surface area (Å²) in [5.41, 5.74) is 1.01. The van der Waals surface area contributed by atoms with Gasteiger partial charge in [-0.1, -0.05) is 30.3 Å². The molecule has 1 aromatic heterocycles. The number of aromatic carboxylic acids is 1. The summed E-state index contributed by atoms with van der Waals surface area (Å²) < 4.78 is 103. The first-order valence-electron chi connectivity index (χ1n) is 13.5. The van der Waals surface area contributed by atoms with E-state index in [1.807, 2.05) is 6.92 Å². The van der Waals surface area contributed by atoms with Crippen LogP contribution in [0.3, 0.4) is 0 Å². The van der Waals surface area contributed by atoms with Gasteiger partial charge in [0.2, 0.25) is 10.0 Å². The van der Waals surface area contributed by atoms with Gasteiger partial charge in [-0.2, -0.15) is 26.3 Å². The molecule has 45 heavy (non-hydrogen) atoms. The SMILES string of the molecule is CC(Cc1ccc2c(c1)cc(C(=O)O)n2Cc1ccc(S(=O)(=O)N(C)C(F)(F)F)cc1)NCC(O)c1cccc(C(F)(F)F)c1. The number of alkyl halides is 6. The largest absolute Gasteiger partial charge is 0.477 e. The zero-order valence-electron chi connectivity index (χ0n) is 23.9. The van der Waals surface area contributed by atoms with Gasteiger partial charge in [-0.05, 0) is 72.5 Å². The molecule has 0 aliphatic rings. The van der Waals surface area contributed by atoms with E-state index < -0.39 is 49.3 Å². The molecular weight excluding hydrogens is 628 g/mol. The highest BCUT2D eigenvalue weighted by molar-refractivity contribution is 7.89. The minimum absolute atomic E-state index is 0.00313. The van der Waals surface area contributed by atoms with E-state index in [0.29, 0.717) is 29.9 Å². The number of benzene rings is 3. The first-order valence-corrected chi connectivity index (χ1v) is 14.9. The van der Waals surface area contributed by atoms with Gasteiger partial charge in [-0.25, -0.2) is 13.2 Å². The summed E-state index contributed by atoms with van der Waals surface area (Å²) >= 11 is 0.